The Labute approximate surface area is 152 Å². The van der Waals surface area contributed by atoms with Gasteiger partial charge in [-0.3, -0.25) is 4.79 Å². The highest BCUT2D eigenvalue weighted by Gasteiger charge is 2.22. The van der Waals surface area contributed by atoms with E-state index in [0.29, 0.717) is 23.6 Å². The summed E-state index contributed by atoms with van der Waals surface area (Å²) in [5, 5.41) is 2.53. The second-order valence-electron chi connectivity index (χ2n) is 5.70. The fourth-order valence-corrected chi connectivity index (χ4v) is 3.53. The summed E-state index contributed by atoms with van der Waals surface area (Å²) in [5.74, 6) is -0.376. The molecule has 0 bridgehead atoms. The van der Waals surface area contributed by atoms with Crippen molar-refractivity contribution in [3.05, 3.63) is 53.8 Å². The SMILES string of the molecule is CCOc1ccc(S(=O)(=O)N[C@@H](C)C(=O)Nc2ccc(F)cc2)cc1C. The van der Waals surface area contributed by atoms with Gasteiger partial charge in [-0.2, -0.15) is 4.72 Å². The molecule has 2 aromatic rings. The van der Waals surface area contributed by atoms with Gasteiger partial charge in [0, 0.05) is 5.69 Å². The first-order valence-electron chi connectivity index (χ1n) is 8.05. The zero-order valence-corrected chi connectivity index (χ0v) is 15.6. The lowest BCUT2D eigenvalue weighted by atomic mass is 10.2. The zero-order chi connectivity index (χ0) is 19.3. The lowest BCUT2D eigenvalue weighted by molar-refractivity contribution is -0.117. The van der Waals surface area contributed by atoms with Crippen LogP contribution in [0, 0.1) is 12.7 Å². The average molecular weight is 380 g/mol. The number of sulfonamides is 1. The minimum Gasteiger partial charge on any atom is -0.494 e. The van der Waals surface area contributed by atoms with Gasteiger partial charge in [0.15, 0.2) is 0 Å². The quantitative estimate of drug-likeness (QED) is 0.774. The Kier molecular flexibility index (Phi) is 6.33. The summed E-state index contributed by atoms with van der Waals surface area (Å²) >= 11 is 0. The standard InChI is InChI=1S/C18H21FN2O4S/c1-4-25-17-10-9-16(11-12(17)2)26(23,24)21-13(3)18(22)20-15-7-5-14(19)6-8-15/h5-11,13,21H,4H2,1-3H3,(H,20,22)/t13-/m0/s1. The van der Waals surface area contributed by atoms with E-state index in [9.17, 15) is 17.6 Å². The van der Waals surface area contributed by atoms with E-state index in [1.165, 1.54) is 43.3 Å². The lowest BCUT2D eigenvalue weighted by Gasteiger charge is -2.15. The molecule has 1 atom stereocenters. The average Bonchev–Trinajstić information content (AvgIpc) is 2.58. The summed E-state index contributed by atoms with van der Waals surface area (Å²) in [6.07, 6.45) is 0. The van der Waals surface area contributed by atoms with Gasteiger partial charge in [0.05, 0.1) is 17.5 Å². The van der Waals surface area contributed by atoms with E-state index in [0.717, 1.165) is 0 Å². The number of carbonyl (C=O) groups excluding carboxylic acids is 1. The largest absolute Gasteiger partial charge is 0.494 e. The number of aryl methyl sites for hydroxylation is 1. The number of anilines is 1. The summed E-state index contributed by atoms with van der Waals surface area (Å²) in [4.78, 5) is 12.2. The molecule has 0 fully saturated rings. The van der Waals surface area contributed by atoms with Crippen LogP contribution in [-0.4, -0.2) is 27.0 Å². The van der Waals surface area contributed by atoms with E-state index in [2.05, 4.69) is 10.0 Å². The second kappa shape index (κ2) is 8.29. The number of halogens is 1. The van der Waals surface area contributed by atoms with Crippen molar-refractivity contribution in [3.8, 4) is 5.75 Å². The Morgan fingerprint density at radius 1 is 1.19 bits per heavy atom. The van der Waals surface area contributed by atoms with E-state index in [1.807, 2.05) is 6.92 Å². The molecule has 2 N–H and O–H groups in total. The molecule has 0 unspecified atom stereocenters. The number of rotatable bonds is 7. The van der Waals surface area contributed by atoms with Crippen LogP contribution in [0.15, 0.2) is 47.4 Å². The molecule has 2 aromatic carbocycles. The van der Waals surface area contributed by atoms with Gasteiger partial charge in [0.25, 0.3) is 0 Å². The number of hydrogen-bond acceptors (Lipinski definition) is 4. The Bertz CT molecular complexity index is 883. The molecule has 2 rings (SSSR count). The van der Waals surface area contributed by atoms with Crippen molar-refractivity contribution in [2.75, 3.05) is 11.9 Å². The van der Waals surface area contributed by atoms with Crippen LogP contribution in [0.3, 0.4) is 0 Å². The fraction of sp³-hybridized carbons (Fsp3) is 0.278. The third-order valence-electron chi connectivity index (χ3n) is 3.59. The molecule has 0 aliphatic heterocycles. The van der Waals surface area contributed by atoms with Gasteiger partial charge in [-0.25, -0.2) is 12.8 Å². The minimum atomic E-state index is -3.88. The predicted octanol–water partition coefficient (Wildman–Crippen LogP) is 2.84. The molecule has 0 aliphatic rings. The summed E-state index contributed by atoms with van der Waals surface area (Å²) < 4.78 is 45.6. The van der Waals surface area contributed by atoms with Gasteiger partial charge >= 0.3 is 0 Å². The highest BCUT2D eigenvalue weighted by Crippen LogP contribution is 2.22. The van der Waals surface area contributed by atoms with E-state index < -0.39 is 27.8 Å². The summed E-state index contributed by atoms with van der Waals surface area (Å²) in [6.45, 7) is 5.49. The summed E-state index contributed by atoms with van der Waals surface area (Å²) in [7, 11) is -3.88. The fourth-order valence-electron chi connectivity index (χ4n) is 2.24. The van der Waals surface area contributed by atoms with Crippen LogP contribution in [0.5, 0.6) is 5.75 Å². The maximum absolute atomic E-state index is 12.9. The van der Waals surface area contributed by atoms with Crippen molar-refractivity contribution in [1.82, 2.24) is 4.72 Å². The smallest absolute Gasteiger partial charge is 0.242 e. The van der Waals surface area contributed by atoms with Gasteiger partial charge in [-0.05, 0) is 68.8 Å². The van der Waals surface area contributed by atoms with Crippen LogP contribution in [0.4, 0.5) is 10.1 Å². The Morgan fingerprint density at radius 3 is 2.42 bits per heavy atom. The maximum atomic E-state index is 12.9. The topological polar surface area (TPSA) is 84.5 Å². The number of amides is 1. The van der Waals surface area contributed by atoms with Gasteiger partial charge in [0.1, 0.15) is 11.6 Å². The molecule has 26 heavy (non-hydrogen) atoms. The van der Waals surface area contributed by atoms with Crippen LogP contribution in [-0.2, 0) is 14.8 Å². The number of benzene rings is 2. The van der Waals surface area contributed by atoms with Crippen LogP contribution >= 0.6 is 0 Å². The molecule has 6 nitrogen and oxygen atoms in total. The van der Waals surface area contributed by atoms with Crippen molar-refractivity contribution >= 4 is 21.6 Å². The molecule has 0 spiro atoms. The molecule has 8 heteroatoms. The van der Waals surface area contributed by atoms with Crippen LogP contribution < -0.4 is 14.8 Å². The van der Waals surface area contributed by atoms with E-state index in [1.54, 1.807) is 13.0 Å². The third-order valence-corrected chi connectivity index (χ3v) is 5.13. The second-order valence-corrected chi connectivity index (χ2v) is 7.41. The van der Waals surface area contributed by atoms with Crippen LogP contribution in [0.1, 0.15) is 19.4 Å². The van der Waals surface area contributed by atoms with Crippen LogP contribution in [0.2, 0.25) is 0 Å². The van der Waals surface area contributed by atoms with Gasteiger partial charge in [-0.15, -0.1) is 0 Å². The molecule has 0 aliphatic carbocycles. The molecule has 0 radical (unpaired) electrons. The first-order valence-corrected chi connectivity index (χ1v) is 9.53. The van der Waals surface area contributed by atoms with Gasteiger partial charge < -0.3 is 10.1 Å². The number of hydrogen-bond donors (Lipinski definition) is 2. The predicted molar refractivity (Wildman–Crippen MR) is 97.2 cm³/mol. The van der Waals surface area contributed by atoms with E-state index in [-0.39, 0.29) is 4.90 Å². The van der Waals surface area contributed by atoms with Crippen molar-refractivity contribution in [2.24, 2.45) is 0 Å². The molecular weight excluding hydrogens is 359 g/mol. The first kappa shape index (κ1) is 19.9. The molecule has 0 saturated heterocycles. The first-order chi connectivity index (χ1) is 12.2. The molecule has 140 valence electrons. The van der Waals surface area contributed by atoms with Gasteiger partial charge in [-0.1, -0.05) is 0 Å². The van der Waals surface area contributed by atoms with Crippen molar-refractivity contribution in [1.29, 1.82) is 0 Å². The summed E-state index contributed by atoms with van der Waals surface area (Å²) in [6, 6.07) is 8.66. The highest BCUT2D eigenvalue weighted by molar-refractivity contribution is 7.89. The Balaban J connectivity index is 2.08. The third kappa shape index (κ3) is 5.03. The molecule has 0 heterocycles. The number of ether oxygens (including phenoxy) is 1. The number of carbonyl (C=O) groups is 1. The minimum absolute atomic E-state index is 0.0416. The maximum Gasteiger partial charge on any atom is 0.242 e. The molecular formula is C18H21FN2O4S. The van der Waals surface area contributed by atoms with Crippen molar-refractivity contribution in [2.45, 2.75) is 31.7 Å². The van der Waals surface area contributed by atoms with Crippen molar-refractivity contribution in [3.63, 3.8) is 0 Å². The molecule has 0 aromatic heterocycles. The Morgan fingerprint density at radius 2 is 1.85 bits per heavy atom. The van der Waals surface area contributed by atoms with Gasteiger partial charge in [0.2, 0.25) is 15.9 Å². The highest BCUT2D eigenvalue weighted by atomic mass is 32.2. The van der Waals surface area contributed by atoms with E-state index in [4.69, 9.17) is 4.74 Å². The lowest BCUT2D eigenvalue weighted by Crippen LogP contribution is -2.41. The van der Waals surface area contributed by atoms with Crippen molar-refractivity contribution < 1.29 is 22.3 Å². The normalized spacial score (nSPS) is 12.5. The van der Waals surface area contributed by atoms with Crippen LogP contribution in [0.25, 0.3) is 0 Å². The monoisotopic (exact) mass is 380 g/mol. The summed E-state index contributed by atoms with van der Waals surface area (Å²) in [5.41, 5.74) is 1.05. The molecule has 0 saturated carbocycles. The number of nitrogens with one attached hydrogen (secondary N) is 2. The Hall–Kier alpha value is -2.45. The molecule has 1 amide bonds. The zero-order valence-electron chi connectivity index (χ0n) is 14.7. The van der Waals surface area contributed by atoms with E-state index >= 15 is 0 Å².